The Hall–Kier alpha value is -2.62. The number of ether oxygens (including phenoxy) is 1. The zero-order valence-electron chi connectivity index (χ0n) is 18.6. The van der Waals surface area contributed by atoms with Gasteiger partial charge in [-0.15, -0.1) is 0 Å². The maximum absolute atomic E-state index is 13.2. The molecule has 3 rings (SSSR count). The van der Waals surface area contributed by atoms with E-state index < -0.39 is 22.0 Å². The molecule has 178 valence electrons. The second kappa shape index (κ2) is 11.0. The largest absolute Gasteiger partial charge is 0.376 e. The average Bonchev–Trinajstić information content (AvgIpc) is 3.28. The van der Waals surface area contributed by atoms with E-state index in [4.69, 9.17) is 16.3 Å². The number of nitrogens with one attached hydrogen (secondary N) is 2. The van der Waals surface area contributed by atoms with Crippen LogP contribution in [-0.2, 0) is 19.6 Å². The maximum atomic E-state index is 13.2. The smallest absolute Gasteiger partial charge is 0.253 e. The van der Waals surface area contributed by atoms with Crippen LogP contribution in [0.4, 0.5) is 11.4 Å². The summed E-state index contributed by atoms with van der Waals surface area (Å²) in [6.45, 7) is 2.79. The van der Waals surface area contributed by atoms with E-state index in [1.165, 1.54) is 6.07 Å². The topological polar surface area (TPSA) is 105 Å². The van der Waals surface area contributed by atoms with Gasteiger partial charge in [0.2, 0.25) is 15.9 Å². The maximum Gasteiger partial charge on any atom is 0.253 e. The molecular formula is C23H28ClN3O5S. The molecule has 2 atom stereocenters. The Morgan fingerprint density at radius 3 is 2.61 bits per heavy atom. The lowest BCUT2D eigenvalue weighted by atomic mass is 10.1. The first-order chi connectivity index (χ1) is 15.7. The van der Waals surface area contributed by atoms with Gasteiger partial charge in [0.1, 0.15) is 6.04 Å². The van der Waals surface area contributed by atoms with E-state index in [1.54, 1.807) is 49.4 Å². The Kier molecular flexibility index (Phi) is 8.34. The number of carbonyl (C=O) groups is 2. The van der Waals surface area contributed by atoms with E-state index in [-0.39, 0.29) is 29.7 Å². The minimum atomic E-state index is -3.81. The molecule has 1 heterocycles. The molecule has 0 saturated carbocycles. The van der Waals surface area contributed by atoms with Crippen LogP contribution in [0.3, 0.4) is 0 Å². The van der Waals surface area contributed by atoms with Crippen LogP contribution in [0.5, 0.6) is 0 Å². The molecule has 1 saturated heterocycles. The number of halogens is 1. The van der Waals surface area contributed by atoms with Crippen LogP contribution in [0.1, 0.15) is 36.5 Å². The van der Waals surface area contributed by atoms with Gasteiger partial charge in [0.05, 0.1) is 29.3 Å². The number of hydrogen-bond acceptors (Lipinski definition) is 5. The van der Waals surface area contributed by atoms with Crippen LogP contribution in [-0.4, -0.2) is 51.8 Å². The molecule has 1 aliphatic heterocycles. The quantitative estimate of drug-likeness (QED) is 0.556. The van der Waals surface area contributed by atoms with E-state index in [1.807, 2.05) is 0 Å². The standard InChI is InChI=1S/C23H28ClN3O5S/c1-3-21(27(33(2,30)31)17-9-6-8-16(24)14-17)23(29)26-20-12-5-4-11-19(20)22(28)25-15-18-10-7-13-32-18/h4-6,8-9,11-12,14,18,21H,3,7,10,13,15H2,1-2H3,(H,25,28)(H,26,29)/t18-,21+/m1/s1. The van der Waals surface area contributed by atoms with E-state index in [9.17, 15) is 18.0 Å². The molecule has 2 amide bonds. The van der Waals surface area contributed by atoms with Crippen molar-refractivity contribution in [1.29, 1.82) is 0 Å². The van der Waals surface area contributed by atoms with E-state index in [0.717, 1.165) is 23.4 Å². The van der Waals surface area contributed by atoms with Crippen LogP contribution in [0.25, 0.3) is 0 Å². The highest BCUT2D eigenvalue weighted by molar-refractivity contribution is 7.92. The van der Waals surface area contributed by atoms with E-state index in [0.29, 0.717) is 23.9 Å². The lowest BCUT2D eigenvalue weighted by molar-refractivity contribution is -0.117. The summed E-state index contributed by atoms with van der Waals surface area (Å²) in [5, 5.41) is 5.93. The van der Waals surface area contributed by atoms with Crippen molar-refractivity contribution < 1.29 is 22.7 Å². The summed E-state index contributed by atoms with van der Waals surface area (Å²) in [6, 6.07) is 11.9. The predicted molar refractivity (Wildman–Crippen MR) is 129 cm³/mol. The van der Waals surface area contributed by atoms with Crippen molar-refractivity contribution in [3.8, 4) is 0 Å². The molecule has 0 spiro atoms. The summed E-state index contributed by atoms with van der Waals surface area (Å²) in [4.78, 5) is 26.0. The van der Waals surface area contributed by atoms with Crippen molar-refractivity contribution in [2.24, 2.45) is 0 Å². The third kappa shape index (κ3) is 6.46. The molecule has 2 N–H and O–H groups in total. The van der Waals surface area contributed by atoms with Crippen molar-refractivity contribution in [3.05, 3.63) is 59.1 Å². The van der Waals surface area contributed by atoms with Crippen LogP contribution in [0.2, 0.25) is 5.02 Å². The van der Waals surface area contributed by atoms with Gasteiger partial charge in [-0.3, -0.25) is 13.9 Å². The fraction of sp³-hybridized carbons (Fsp3) is 0.391. The van der Waals surface area contributed by atoms with Gasteiger partial charge in [0.15, 0.2) is 0 Å². The van der Waals surface area contributed by atoms with Gasteiger partial charge in [-0.25, -0.2) is 8.42 Å². The minimum absolute atomic E-state index is 0.0128. The number of para-hydroxylation sites is 1. The molecule has 0 aromatic heterocycles. The van der Waals surface area contributed by atoms with Crippen molar-refractivity contribution in [2.45, 2.75) is 38.3 Å². The van der Waals surface area contributed by atoms with Gasteiger partial charge in [0, 0.05) is 18.2 Å². The summed E-state index contributed by atoms with van der Waals surface area (Å²) in [5.74, 6) is -0.897. The minimum Gasteiger partial charge on any atom is -0.376 e. The fourth-order valence-electron chi connectivity index (χ4n) is 3.79. The SMILES string of the molecule is CC[C@@H](C(=O)Nc1ccccc1C(=O)NC[C@H]1CCCO1)N(c1cccc(Cl)c1)S(C)(=O)=O. The average molecular weight is 494 g/mol. The number of anilines is 2. The molecule has 0 bridgehead atoms. The van der Waals surface area contributed by atoms with E-state index in [2.05, 4.69) is 10.6 Å². The first-order valence-corrected chi connectivity index (χ1v) is 13.0. The second-order valence-corrected chi connectivity index (χ2v) is 10.1. The van der Waals surface area contributed by atoms with Gasteiger partial charge in [-0.1, -0.05) is 36.7 Å². The highest BCUT2D eigenvalue weighted by Crippen LogP contribution is 2.26. The molecule has 0 aliphatic carbocycles. The summed E-state index contributed by atoms with van der Waals surface area (Å²) in [7, 11) is -3.81. The van der Waals surface area contributed by atoms with Crippen LogP contribution in [0, 0.1) is 0 Å². The van der Waals surface area contributed by atoms with Gasteiger partial charge in [-0.05, 0) is 49.6 Å². The van der Waals surface area contributed by atoms with Gasteiger partial charge < -0.3 is 15.4 Å². The monoisotopic (exact) mass is 493 g/mol. The molecule has 0 radical (unpaired) electrons. The number of nitrogens with zero attached hydrogens (tertiary/aromatic N) is 1. The van der Waals surface area contributed by atoms with Crippen molar-refractivity contribution in [1.82, 2.24) is 5.32 Å². The molecule has 1 aliphatic rings. The molecule has 1 fully saturated rings. The van der Waals surface area contributed by atoms with Gasteiger partial charge in [0.25, 0.3) is 5.91 Å². The highest BCUT2D eigenvalue weighted by Gasteiger charge is 2.32. The number of benzene rings is 2. The van der Waals surface area contributed by atoms with Gasteiger partial charge in [-0.2, -0.15) is 0 Å². The molecule has 2 aromatic carbocycles. The molecule has 33 heavy (non-hydrogen) atoms. The predicted octanol–water partition coefficient (Wildman–Crippen LogP) is 3.43. The first-order valence-electron chi connectivity index (χ1n) is 10.8. The number of rotatable bonds is 9. The summed E-state index contributed by atoms with van der Waals surface area (Å²) < 4.78 is 31.8. The first kappa shape index (κ1) is 25.0. The van der Waals surface area contributed by atoms with E-state index >= 15 is 0 Å². The van der Waals surface area contributed by atoms with Gasteiger partial charge >= 0.3 is 0 Å². The number of hydrogen-bond donors (Lipinski definition) is 2. The lowest BCUT2D eigenvalue weighted by Gasteiger charge is -2.30. The third-order valence-electron chi connectivity index (χ3n) is 5.34. The summed E-state index contributed by atoms with van der Waals surface area (Å²) in [5.41, 5.74) is 0.868. The molecule has 0 unspecified atom stereocenters. The molecule has 8 nitrogen and oxygen atoms in total. The number of sulfonamides is 1. The zero-order chi connectivity index (χ0) is 24.0. The zero-order valence-corrected chi connectivity index (χ0v) is 20.2. The van der Waals surface area contributed by atoms with Crippen LogP contribution < -0.4 is 14.9 Å². The second-order valence-electron chi connectivity index (χ2n) is 7.84. The van der Waals surface area contributed by atoms with Crippen LogP contribution in [0.15, 0.2) is 48.5 Å². The Bertz CT molecular complexity index is 1100. The highest BCUT2D eigenvalue weighted by atomic mass is 35.5. The molecule has 2 aromatic rings. The van der Waals surface area contributed by atoms with Crippen molar-refractivity contribution >= 4 is 44.8 Å². The van der Waals surface area contributed by atoms with Crippen LogP contribution >= 0.6 is 11.6 Å². The Morgan fingerprint density at radius 1 is 1.21 bits per heavy atom. The molecular weight excluding hydrogens is 466 g/mol. The Morgan fingerprint density at radius 2 is 1.97 bits per heavy atom. The molecule has 10 heteroatoms. The lowest BCUT2D eigenvalue weighted by Crippen LogP contribution is -2.47. The Balaban J connectivity index is 1.82. The number of carbonyl (C=O) groups excluding carboxylic acids is 2. The fourth-order valence-corrected chi connectivity index (χ4v) is 5.17. The summed E-state index contributed by atoms with van der Waals surface area (Å²) in [6.07, 6.45) is 3.09. The Labute approximate surface area is 199 Å². The van der Waals surface area contributed by atoms with Crippen molar-refractivity contribution in [2.75, 3.05) is 29.0 Å². The third-order valence-corrected chi connectivity index (χ3v) is 6.75. The number of amides is 2. The normalized spacial score (nSPS) is 16.8. The summed E-state index contributed by atoms with van der Waals surface area (Å²) >= 11 is 6.05. The van der Waals surface area contributed by atoms with Crippen molar-refractivity contribution in [3.63, 3.8) is 0 Å².